The third-order valence-electron chi connectivity index (χ3n) is 2.58. The van der Waals surface area contributed by atoms with Gasteiger partial charge in [0.15, 0.2) is 0 Å². The molecule has 3 nitrogen and oxygen atoms in total. The minimum atomic E-state index is 0.308. The first-order valence-electron chi connectivity index (χ1n) is 4.62. The summed E-state index contributed by atoms with van der Waals surface area (Å²) in [5, 5.41) is 14.6. The number of nitrogens with one attached hydrogen (secondary N) is 1. The van der Waals surface area contributed by atoms with Gasteiger partial charge in [-0.15, -0.1) is 11.3 Å². The zero-order valence-corrected chi connectivity index (χ0v) is 8.26. The van der Waals surface area contributed by atoms with Crippen molar-refractivity contribution in [3.8, 4) is 0 Å². The molecule has 2 atom stereocenters. The minimum absolute atomic E-state index is 0.308. The van der Waals surface area contributed by atoms with Crippen molar-refractivity contribution in [2.75, 3.05) is 13.2 Å². The lowest BCUT2D eigenvalue weighted by atomic mass is 9.92. The van der Waals surface area contributed by atoms with Crippen LogP contribution in [0.1, 0.15) is 24.6 Å². The molecule has 2 unspecified atom stereocenters. The lowest BCUT2D eigenvalue weighted by Gasteiger charge is -2.28. The zero-order valence-electron chi connectivity index (χ0n) is 7.44. The standard InChI is InChI=1S/C9H14N2OS/c12-4-7-1-2-10-8(3-7)9-5-13-6-11-9/h5-8,10,12H,1-4H2. The number of hydrogen-bond donors (Lipinski definition) is 2. The number of aliphatic hydroxyl groups is 1. The summed E-state index contributed by atoms with van der Waals surface area (Å²) in [7, 11) is 0. The number of aliphatic hydroxyl groups excluding tert-OH is 1. The Morgan fingerprint density at radius 2 is 2.62 bits per heavy atom. The molecular formula is C9H14N2OS. The Morgan fingerprint density at radius 1 is 1.69 bits per heavy atom. The second-order valence-corrected chi connectivity index (χ2v) is 4.21. The molecular weight excluding hydrogens is 184 g/mol. The number of thiazole rings is 1. The van der Waals surface area contributed by atoms with Crippen LogP contribution in [0.5, 0.6) is 0 Å². The molecule has 13 heavy (non-hydrogen) atoms. The van der Waals surface area contributed by atoms with E-state index >= 15 is 0 Å². The van der Waals surface area contributed by atoms with Crippen molar-refractivity contribution in [2.24, 2.45) is 5.92 Å². The highest BCUT2D eigenvalue weighted by atomic mass is 32.1. The van der Waals surface area contributed by atoms with E-state index in [1.54, 1.807) is 11.3 Å². The predicted octanol–water partition coefficient (Wildman–Crippen LogP) is 1.18. The largest absolute Gasteiger partial charge is 0.396 e. The first kappa shape index (κ1) is 9.12. The Morgan fingerprint density at radius 3 is 3.31 bits per heavy atom. The molecule has 0 radical (unpaired) electrons. The van der Waals surface area contributed by atoms with Crippen LogP contribution in [0.15, 0.2) is 10.9 Å². The molecule has 2 rings (SSSR count). The first-order valence-corrected chi connectivity index (χ1v) is 5.56. The number of rotatable bonds is 2. The number of hydrogen-bond acceptors (Lipinski definition) is 4. The molecule has 0 saturated carbocycles. The Bertz CT molecular complexity index is 250. The van der Waals surface area contributed by atoms with Crippen LogP contribution in [0, 0.1) is 5.92 Å². The van der Waals surface area contributed by atoms with Gasteiger partial charge in [-0.1, -0.05) is 0 Å². The lowest BCUT2D eigenvalue weighted by molar-refractivity contribution is 0.175. The third kappa shape index (κ3) is 2.07. The van der Waals surface area contributed by atoms with Gasteiger partial charge in [-0.25, -0.2) is 4.98 Å². The zero-order chi connectivity index (χ0) is 9.10. The van der Waals surface area contributed by atoms with Crippen molar-refractivity contribution < 1.29 is 5.11 Å². The summed E-state index contributed by atoms with van der Waals surface area (Å²) in [6.07, 6.45) is 2.09. The van der Waals surface area contributed by atoms with Crippen molar-refractivity contribution in [3.63, 3.8) is 0 Å². The number of aromatic nitrogens is 1. The smallest absolute Gasteiger partial charge is 0.0795 e. The Labute approximate surface area is 81.8 Å². The summed E-state index contributed by atoms with van der Waals surface area (Å²) in [4.78, 5) is 4.28. The van der Waals surface area contributed by atoms with Crippen LogP contribution in [0.4, 0.5) is 0 Å². The maximum Gasteiger partial charge on any atom is 0.0795 e. The average molecular weight is 198 g/mol. The summed E-state index contributed by atoms with van der Waals surface area (Å²) in [5.74, 6) is 0.452. The van der Waals surface area contributed by atoms with Crippen LogP contribution < -0.4 is 5.32 Å². The topological polar surface area (TPSA) is 45.1 Å². The van der Waals surface area contributed by atoms with Crippen molar-refractivity contribution in [2.45, 2.75) is 18.9 Å². The Balaban J connectivity index is 2.00. The fourth-order valence-electron chi connectivity index (χ4n) is 1.78. The molecule has 72 valence electrons. The summed E-state index contributed by atoms with van der Waals surface area (Å²) >= 11 is 1.63. The second-order valence-electron chi connectivity index (χ2n) is 3.49. The maximum atomic E-state index is 9.06. The van der Waals surface area contributed by atoms with E-state index in [-0.39, 0.29) is 0 Å². The minimum Gasteiger partial charge on any atom is -0.396 e. The fourth-order valence-corrected chi connectivity index (χ4v) is 2.39. The molecule has 1 fully saturated rings. The van der Waals surface area contributed by atoms with Crippen LogP contribution in [0.2, 0.25) is 0 Å². The Kier molecular flexibility index (Phi) is 2.93. The summed E-state index contributed by atoms with van der Waals surface area (Å²) < 4.78 is 0. The fraction of sp³-hybridized carbons (Fsp3) is 0.667. The van der Waals surface area contributed by atoms with Gasteiger partial charge in [-0.3, -0.25) is 0 Å². The van der Waals surface area contributed by atoms with Crippen molar-refractivity contribution in [3.05, 3.63) is 16.6 Å². The highest BCUT2D eigenvalue weighted by molar-refractivity contribution is 7.07. The highest BCUT2D eigenvalue weighted by Gasteiger charge is 2.22. The molecule has 4 heteroatoms. The number of piperidine rings is 1. The number of nitrogens with zero attached hydrogens (tertiary/aromatic N) is 1. The maximum absolute atomic E-state index is 9.06. The molecule has 1 aromatic heterocycles. The molecule has 1 aliphatic rings. The molecule has 0 bridgehead atoms. The van der Waals surface area contributed by atoms with Crippen LogP contribution >= 0.6 is 11.3 Å². The monoisotopic (exact) mass is 198 g/mol. The summed E-state index contributed by atoms with van der Waals surface area (Å²) in [6, 6.07) is 0.358. The van der Waals surface area contributed by atoms with Gasteiger partial charge in [0.25, 0.3) is 0 Å². The van der Waals surface area contributed by atoms with Gasteiger partial charge >= 0.3 is 0 Å². The Hall–Kier alpha value is -0.450. The van der Waals surface area contributed by atoms with Gasteiger partial charge in [-0.2, -0.15) is 0 Å². The normalized spacial score (nSPS) is 29.0. The van der Waals surface area contributed by atoms with E-state index in [9.17, 15) is 0 Å². The van der Waals surface area contributed by atoms with Crippen molar-refractivity contribution >= 4 is 11.3 Å². The first-order chi connectivity index (χ1) is 6.40. The molecule has 1 saturated heterocycles. The molecule has 0 amide bonds. The molecule has 0 aliphatic carbocycles. The van der Waals surface area contributed by atoms with Gasteiger partial charge in [-0.05, 0) is 25.3 Å². The van der Waals surface area contributed by atoms with E-state index < -0.39 is 0 Å². The van der Waals surface area contributed by atoms with E-state index in [2.05, 4.69) is 15.7 Å². The van der Waals surface area contributed by atoms with Gasteiger partial charge in [0, 0.05) is 12.0 Å². The quantitative estimate of drug-likeness (QED) is 0.750. The molecule has 2 N–H and O–H groups in total. The van der Waals surface area contributed by atoms with E-state index in [4.69, 9.17) is 5.11 Å². The lowest BCUT2D eigenvalue weighted by Crippen LogP contribution is -2.33. The molecule has 1 aliphatic heterocycles. The predicted molar refractivity (Wildman–Crippen MR) is 52.7 cm³/mol. The molecule has 2 heterocycles. The molecule has 0 spiro atoms. The van der Waals surface area contributed by atoms with Crippen molar-refractivity contribution in [1.29, 1.82) is 0 Å². The van der Waals surface area contributed by atoms with Crippen LogP contribution in [-0.4, -0.2) is 23.2 Å². The second kappa shape index (κ2) is 4.17. The summed E-state index contributed by atoms with van der Waals surface area (Å²) in [6.45, 7) is 1.30. The summed E-state index contributed by atoms with van der Waals surface area (Å²) in [5.41, 5.74) is 2.99. The molecule has 0 aromatic carbocycles. The van der Waals surface area contributed by atoms with Gasteiger partial charge in [0.05, 0.1) is 17.2 Å². The SMILES string of the molecule is OCC1CCNC(c2cscn2)C1. The van der Waals surface area contributed by atoms with E-state index in [0.717, 1.165) is 25.1 Å². The van der Waals surface area contributed by atoms with Gasteiger partial charge in [0.1, 0.15) is 0 Å². The van der Waals surface area contributed by atoms with Crippen LogP contribution in [0.25, 0.3) is 0 Å². The van der Waals surface area contributed by atoms with Crippen molar-refractivity contribution in [1.82, 2.24) is 10.3 Å². The van der Waals surface area contributed by atoms with Crippen LogP contribution in [-0.2, 0) is 0 Å². The highest BCUT2D eigenvalue weighted by Crippen LogP contribution is 2.26. The van der Waals surface area contributed by atoms with Crippen LogP contribution in [0.3, 0.4) is 0 Å². The third-order valence-corrected chi connectivity index (χ3v) is 3.18. The van der Waals surface area contributed by atoms with E-state index in [0.29, 0.717) is 18.6 Å². The van der Waals surface area contributed by atoms with Gasteiger partial charge < -0.3 is 10.4 Å². The van der Waals surface area contributed by atoms with E-state index in [1.807, 2.05) is 5.51 Å². The average Bonchev–Trinajstić information content (AvgIpc) is 2.71. The van der Waals surface area contributed by atoms with Gasteiger partial charge in [0.2, 0.25) is 0 Å². The molecule has 1 aromatic rings. The van der Waals surface area contributed by atoms with E-state index in [1.165, 1.54) is 0 Å².